The first-order valence-corrected chi connectivity index (χ1v) is 6.40. The fraction of sp³-hybridized carbons (Fsp3) is 1.00. The lowest BCUT2D eigenvalue weighted by atomic mass is 10.2. The van der Waals surface area contributed by atoms with Crippen molar-refractivity contribution in [3.63, 3.8) is 0 Å². The van der Waals surface area contributed by atoms with Gasteiger partial charge in [-0.1, -0.05) is 13.8 Å². The largest absolute Gasteiger partial charge is 0.390 e. The van der Waals surface area contributed by atoms with Crippen LogP contribution in [0.5, 0.6) is 0 Å². The molecule has 1 rings (SSSR count). The average Bonchev–Trinajstić information content (AvgIpc) is 2.99. The summed E-state index contributed by atoms with van der Waals surface area (Å²) in [4.78, 5) is 2.36. The second-order valence-corrected chi connectivity index (χ2v) is 4.64. The van der Waals surface area contributed by atoms with Crippen LogP contribution in [0.4, 0.5) is 0 Å². The van der Waals surface area contributed by atoms with E-state index < -0.39 is 0 Å². The first kappa shape index (κ1) is 12.9. The number of rotatable bonds is 9. The second-order valence-electron chi connectivity index (χ2n) is 4.64. The summed E-state index contributed by atoms with van der Waals surface area (Å²) in [7, 11) is 0. The highest BCUT2D eigenvalue weighted by Crippen LogP contribution is 2.18. The van der Waals surface area contributed by atoms with Crippen molar-refractivity contribution in [2.75, 3.05) is 26.2 Å². The molecule has 0 aromatic heterocycles. The zero-order valence-corrected chi connectivity index (χ0v) is 10.2. The summed E-state index contributed by atoms with van der Waals surface area (Å²) < 4.78 is 0. The Morgan fingerprint density at radius 3 is 2.33 bits per heavy atom. The smallest absolute Gasteiger partial charge is 0.0791 e. The van der Waals surface area contributed by atoms with Gasteiger partial charge in [-0.25, -0.2) is 0 Å². The Hall–Kier alpha value is -0.120. The topological polar surface area (TPSA) is 35.5 Å². The van der Waals surface area contributed by atoms with E-state index in [2.05, 4.69) is 24.1 Å². The molecule has 0 heterocycles. The Kier molecular flexibility index (Phi) is 6.22. The third-order valence-electron chi connectivity index (χ3n) is 2.77. The van der Waals surface area contributed by atoms with E-state index in [1.54, 1.807) is 0 Å². The minimum atomic E-state index is -0.205. The van der Waals surface area contributed by atoms with Gasteiger partial charge in [0, 0.05) is 19.1 Å². The van der Waals surface area contributed by atoms with Gasteiger partial charge in [-0.2, -0.15) is 0 Å². The van der Waals surface area contributed by atoms with E-state index in [9.17, 15) is 5.11 Å². The third-order valence-corrected chi connectivity index (χ3v) is 2.77. The summed E-state index contributed by atoms with van der Waals surface area (Å²) in [5, 5.41) is 13.2. The van der Waals surface area contributed by atoms with Gasteiger partial charge in [-0.05, 0) is 38.8 Å². The highest BCUT2D eigenvalue weighted by molar-refractivity contribution is 4.82. The van der Waals surface area contributed by atoms with Crippen LogP contribution in [0, 0.1) is 0 Å². The minimum absolute atomic E-state index is 0.205. The first-order chi connectivity index (χ1) is 7.26. The van der Waals surface area contributed by atoms with Crippen molar-refractivity contribution in [1.82, 2.24) is 10.2 Å². The number of hydrogen-bond acceptors (Lipinski definition) is 3. The maximum atomic E-state index is 9.85. The number of aliphatic hydroxyl groups excluding tert-OH is 1. The van der Waals surface area contributed by atoms with Gasteiger partial charge in [0.1, 0.15) is 0 Å². The van der Waals surface area contributed by atoms with Crippen molar-refractivity contribution in [3.8, 4) is 0 Å². The molecule has 1 atom stereocenters. The van der Waals surface area contributed by atoms with Crippen LogP contribution in [0.15, 0.2) is 0 Å². The molecule has 1 aliphatic carbocycles. The van der Waals surface area contributed by atoms with Crippen LogP contribution in [-0.2, 0) is 0 Å². The fourth-order valence-corrected chi connectivity index (χ4v) is 1.88. The van der Waals surface area contributed by atoms with Gasteiger partial charge in [0.2, 0.25) is 0 Å². The Balaban J connectivity index is 2.09. The molecular weight excluding hydrogens is 188 g/mol. The van der Waals surface area contributed by atoms with Crippen LogP contribution >= 0.6 is 0 Å². The lowest BCUT2D eigenvalue weighted by Crippen LogP contribution is -2.39. The molecule has 0 aromatic carbocycles. The van der Waals surface area contributed by atoms with Crippen LogP contribution in [0.3, 0.4) is 0 Å². The number of nitrogens with one attached hydrogen (secondary N) is 1. The van der Waals surface area contributed by atoms with E-state index in [0.717, 1.165) is 26.2 Å². The standard InChI is InChI=1S/C12H26N2O/c1-3-7-14(8-4-2)10-12(15)9-13-11-5-6-11/h11-13,15H,3-10H2,1-2H3/t12-/m0/s1. The van der Waals surface area contributed by atoms with E-state index in [-0.39, 0.29) is 6.10 Å². The lowest BCUT2D eigenvalue weighted by molar-refractivity contribution is 0.111. The van der Waals surface area contributed by atoms with Crippen LogP contribution in [0.1, 0.15) is 39.5 Å². The number of aliphatic hydroxyl groups is 1. The summed E-state index contributed by atoms with van der Waals surface area (Å²) in [5.41, 5.74) is 0. The van der Waals surface area contributed by atoms with Crippen molar-refractivity contribution in [2.45, 2.75) is 51.7 Å². The molecule has 15 heavy (non-hydrogen) atoms. The molecule has 2 N–H and O–H groups in total. The van der Waals surface area contributed by atoms with Crippen LogP contribution in [0.25, 0.3) is 0 Å². The first-order valence-electron chi connectivity index (χ1n) is 6.40. The van der Waals surface area contributed by atoms with Crippen LogP contribution in [0.2, 0.25) is 0 Å². The Labute approximate surface area is 93.9 Å². The third kappa shape index (κ3) is 6.13. The molecule has 0 unspecified atom stereocenters. The number of nitrogens with zero attached hydrogens (tertiary/aromatic N) is 1. The van der Waals surface area contributed by atoms with E-state index in [1.165, 1.54) is 25.7 Å². The predicted octanol–water partition coefficient (Wildman–Crippen LogP) is 1.22. The van der Waals surface area contributed by atoms with E-state index in [0.29, 0.717) is 6.04 Å². The zero-order valence-electron chi connectivity index (χ0n) is 10.2. The summed E-state index contributed by atoms with van der Waals surface area (Å²) >= 11 is 0. The summed E-state index contributed by atoms with van der Waals surface area (Å²) in [6.07, 6.45) is 4.72. The molecule has 0 amide bonds. The normalized spacial score (nSPS) is 18.4. The highest BCUT2D eigenvalue weighted by Gasteiger charge is 2.21. The molecule has 90 valence electrons. The van der Waals surface area contributed by atoms with Crippen molar-refractivity contribution in [1.29, 1.82) is 0 Å². The molecule has 0 radical (unpaired) electrons. The molecule has 3 nitrogen and oxygen atoms in total. The summed E-state index contributed by atoms with van der Waals surface area (Å²) in [6, 6.07) is 0.699. The van der Waals surface area contributed by atoms with Gasteiger partial charge in [0.05, 0.1) is 6.10 Å². The lowest BCUT2D eigenvalue weighted by Gasteiger charge is -2.24. The second kappa shape index (κ2) is 7.20. The van der Waals surface area contributed by atoms with E-state index >= 15 is 0 Å². The molecular formula is C12H26N2O. The van der Waals surface area contributed by atoms with Gasteiger partial charge in [0.25, 0.3) is 0 Å². The molecule has 0 aromatic rings. The summed E-state index contributed by atoms with van der Waals surface area (Å²) in [6.45, 7) is 8.17. The molecule has 0 bridgehead atoms. The molecule has 0 aliphatic heterocycles. The van der Waals surface area contributed by atoms with Gasteiger partial charge in [-0.3, -0.25) is 0 Å². The van der Waals surface area contributed by atoms with E-state index in [4.69, 9.17) is 0 Å². The van der Waals surface area contributed by atoms with Crippen molar-refractivity contribution < 1.29 is 5.11 Å². The highest BCUT2D eigenvalue weighted by atomic mass is 16.3. The van der Waals surface area contributed by atoms with Crippen molar-refractivity contribution in [3.05, 3.63) is 0 Å². The Morgan fingerprint density at radius 2 is 1.87 bits per heavy atom. The molecule has 3 heteroatoms. The predicted molar refractivity (Wildman–Crippen MR) is 64.1 cm³/mol. The molecule has 1 fully saturated rings. The SMILES string of the molecule is CCCN(CCC)C[C@@H](O)CNC1CC1. The van der Waals surface area contributed by atoms with Crippen LogP contribution < -0.4 is 5.32 Å². The van der Waals surface area contributed by atoms with Gasteiger partial charge in [-0.15, -0.1) is 0 Å². The van der Waals surface area contributed by atoms with E-state index in [1.807, 2.05) is 0 Å². The molecule has 0 saturated heterocycles. The van der Waals surface area contributed by atoms with Crippen molar-refractivity contribution in [2.24, 2.45) is 0 Å². The van der Waals surface area contributed by atoms with Gasteiger partial charge < -0.3 is 15.3 Å². The van der Waals surface area contributed by atoms with Crippen LogP contribution in [-0.4, -0.2) is 48.3 Å². The maximum Gasteiger partial charge on any atom is 0.0791 e. The number of hydrogen-bond donors (Lipinski definition) is 2. The molecule has 1 aliphatic rings. The minimum Gasteiger partial charge on any atom is -0.390 e. The molecule has 0 spiro atoms. The maximum absolute atomic E-state index is 9.85. The quantitative estimate of drug-likeness (QED) is 0.606. The zero-order chi connectivity index (χ0) is 11.1. The van der Waals surface area contributed by atoms with Gasteiger partial charge in [0.15, 0.2) is 0 Å². The monoisotopic (exact) mass is 214 g/mol. The Morgan fingerprint density at radius 1 is 1.27 bits per heavy atom. The molecule has 1 saturated carbocycles. The Bertz CT molecular complexity index is 154. The average molecular weight is 214 g/mol. The fourth-order valence-electron chi connectivity index (χ4n) is 1.88. The summed E-state index contributed by atoms with van der Waals surface area (Å²) in [5.74, 6) is 0. The van der Waals surface area contributed by atoms with Gasteiger partial charge >= 0.3 is 0 Å². The van der Waals surface area contributed by atoms with Crippen molar-refractivity contribution >= 4 is 0 Å².